The molecular formula is C24H26N4O2. The van der Waals surface area contributed by atoms with Crippen molar-refractivity contribution in [2.45, 2.75) is 12.8 Å². The van der Waals surface area contributed by atoms with Crippen molar-refractivity contribution in [3.63, 3.8) is 0 Å². The Balaban J connectivity index is 1.43. The van der Waals surface area contributed by atoms with Crippen LogP contribution in [-0.4, -0.2) is 25.5 Å². The summed E-state index contributed by atoms with van der Waals surface area (Å²) in [5.74, 6) is 0. The Hall–Kier alpha value is -3.64. The summed E-state index contributed by atoms with van der Waals surface area (Å²) in [4.78, 5) is 23.5. The zero-order valence-electron chi connectivity index (χ0n) is 16.8. The van der Waals surface area contributed by atoms with E-state index in [1.807, 2.05) is 48.5 Å². The third-order valence-electron chi connectivity index (χ3n) is 4.59. The lowest BCUT2D eigenvalue weighted by Crippen LogP contribution is -2.38. The third kappa shape index (κ3) is 6.76. The molecule has 0 aliphatic heterocycles. The predicted octanol–water partition coefficient (Wildman–Crippen LogP) is 3.76. The maximum absolute atomic E-state index is 12.1. The van der Waals surface area contributed by atoms with Crippen molar-refractivity contribution in [1.82, 2.24) is 10.7 Å². The maximum atomic E-state index is 12.1. The number of nitrogens with one attached hydrogen (secondary N) is 3. The summed E-state index contributed by atoms with van der Waals surface area (Å²) < 4.78 is 0. The minimum Gasteiger partial charge on any atom is -0.338 e. The number of anilines is 2. The van der Waals surface area contributed by atoms with E-state index in [-0.39, 0.29) is 6.03 Å². The van der Waals surface area contributed by atoms with Crippen LogP contribution in [0.25, 0.3) is 0 Å². The molecule has 154 valence electrons. The monoisotopic (exact) mass is 402 g/mol. The van der Waals surface area contributed by atoms with Gasteiger partial charge in [-0.05, 0) is 48.2 Å². The average Bonchev–Trinajstić information content (AvgIpc) is 2.79. The van der Waals surface area contributed by atoms with Crippen molar-refractivity contribution >= 4 is 23.8 Å². The number of nitrogens with zero attached hydrogens (tertiary/aromatic N) is 1. The number of hydrogen-bond donors (Lipinski definition) is 3. The zero-order chi connectivity index (χ0) is 21.0. The maximum Gasteiger partial charge on any atom is 0.319 e. The second-order valence-electron chi connectivity index (χ2n) is 6.78. The van der Waals surface area contributed by atoms with Crippen LogP contribution in [-0.2, 0) is 17.6 Å². The highest BCUT2D eigenvalue weighted by Crippen LogP contribution is 2.16. The minimum absolute atomic E-state index is 0.257. The van der Waals surface area contributed by atoms with E-state index >= 15 is 0 Å². The van der Waals surface area contributed by atoms with Gasteiger partial charge in [0.05, 0.1) is 5.69 Å². The van der Waals surface area contributed by atoms with Gasteiger partial charge < -0.3 is 10.6 Å². The van der Waals surface area contributed by atoms with Crippen molar-refractivity contribution < 1.29 is 9.59 Å². The smallest absolute Gasteiger partial charge is 0.319 e. The Bertz CT molecular complexity index is 915. The molecule has 6 heteroatoms. The molecular weight excluding hydrogens is 376 g/mol. The summed E-state index contributed by atoms with van der Waals surface area (Å²) in [6, 6.07) is 26.9. The van der Waals surface area contributed by atoms with E-state index in [9.17, 15) is 9.59 Å². The van der Waals surface area contributed by atoms with E-state index in [2.05, 4.69) is 28.2 Å². The summed E-state index contributed by atoms with van der Waals surface area (Å²) in [5, 5.41) is 7.08. The lowest BCUT2D eigenvalue weighted by atomic mass is 10.1. The number of urea groups is 1. The van der Waals surface area contributed by atoms with Gasteiger partial charge in [-0.15, -0.1) is 0 Å². The number of rotatable bonds is 10. The van der Waals surface area contributed by atoms with Crippen molar-refractivity contribution in [3.05, 3.63) is 96.1 Å². The number of benzene rings is 3. The van der Waals surface area contributed by atoms with Gasteiger partial charge in [0.1, 0.15) is 0 Å². The first kappa shape index (κ1) is 21.1. The fourth-order valence-corrected chi connectivity index (χ4v) is 3.00. The molecule has 3 amide bonds. The molecule has 0 fully saturated rings. The van der Waals surface area contributed by atoms with Gasteiger partial charge in [-0.2, -0.15) is 0 Å². The molecule has 0 spiro atoms. The molecule has 0 saturated heterocycles. The van der Waals surface area contributed by atoms with Gasteiger partial charge in [-0.3, -0.25) is 4.79 Å². The molecule has 3 rings (SSSR count). The van der Waals surface area contributed by atoms with E-state index in [4.69, 9.17) is 0 Å². The molecule has 0 radical (unpaired) electrons. The molecule has 0 unspecified atom stereocenters. The highest BCUT2D eigenvalue weighted by atomic mass is 16.2. The van der Waals surface area contributed by atoms with E-state index in [0.717, 1.165) is 19.3 Å². The first-order valence-corrected chi connectivity index (χ1v) is 9.95. The van der Waals surface area contributed by atoms with Gasteiger partial charge in [0.25, 0.3) is 0 Å². The Morgan fingerprint density at radius 1 is 0.767 bits per heavy atom. The van der Waals surface area contributed by atoms with Gasteiger partial charge in [0.15, 0.2) is 0 Å². The first-order chi connectivity index (χ1) is 14.7. The molecule has 30 heavy (non-hydrogen) atoms. The molecule has 0 bridgehead atoms. The molecule has 0 saturated carbocycles. The highest BCUT2D eigenvalue weighted by molar-refractivity contribution is 5.89. The molecule has 0 atom stereocenters. The van der Waals surface area contributed by atoms with E-state index in [1.54, 1.807) is 24.3 Å². The van der Waals surface area contributed by atoms with Crippen molar-refractivity contribution in [2.75, 3.05) is 23.4 Å². The largest absolute Gasteiger partial charge is 0.338 e. The van der Waals surface area contributed by atoms with Crippen LogP contribution in [0.5, 0.6) is 0 Å². The van der Waals surface area contributed by atoms with Crippen LogP contribution in [0.2, 0.25) is 0 Å². The van der Waals surface area contributed by atoms with Gasteiger partial charge in [0, 0.05) is 18.8 Å². The average molecular weight is 402 g/mol. The van der Waals surface area contributed by atoms with Gasteiger partial charge >= 0.3 is 6.03 Å². The fourth-order valence-electron chi connectivity index (χ4n) is 3.00. The van der Waals surface area contributed by atoms with Gasteiger partial charge in [0.2, 0.25) is 6.41 Å². The topological polar surface area (TPSA) is 73.5 Å². The molecule has 3 aromatic carbocycles. The molecule has 0 aromatic heterocycles. The van der Waals surface area contributed by atoms with E-state index < -0.39 is 0 Å². The van der Waals surface area contributed by atoms with Crippen LogP contribution in [0.1, 0.15) is 11.1 Å². The Labute approximate surface area is 176 Å². The van der Waals surface area contributed by atoms with Crippen LogP contribution in [0.4, 0.5) is 16.2 Å². The Kier molecular flexibility index (Phi) is 8.00. The molecule has 0 aliphatic rings. The minimum atomic E-state index is -0.257. The summed E-state index contributed by atoms with van der Waals surface area (Å²) in [6.07, 6.45) is 2.33. The SMILES string of the molecule is O=CN(NCCc1ccccc1)c1ccc(NC(=O)NCCc2ccccc2)cc1. The second kappa shape index (κ2) is 11.4. The van der Waals surface area contributed by atoms with Crippen molar-refractivity contribution in [3.8, 4) is 0 Å². The third-order valence-corrected chi connectivity index (χ3v) is 4.59. The van der Waals surface area contributed by atoms with Gasteiger partial charge in [-0.1, -0.05) is 60.7 Å². The normalized spacial score (nSPS) is 10.3. The number of hydrogen-bond acceptors (Lipinski definition) is 3. The molecule has 0 aliphatic carbocycles. The van der Waals surface area contributed by atoms with Crippen LogP contribution in [0.15, 0.2) is 84.9 Å². The van der Waals surface area contributed by atoms with E-state index in [0.29, 0.717) is 24.5 Å². The van der Waals surface area contributed by atoms with Crippen molar-refractivity contribution in [2.24, 2.45) is 0 Å². The Morgan fingerprint density at radius 3 is 1.90 bits per heavy atom. The van der Waals surface area contributed by atoms with Crippen molar-refractivity contribution in [1.29, 1.82) is 0 Å². The summed E-state index contributed by atoms with van der Waals surface area (Å²) in [6.45, 7) is 1.19. The second-order valence-corrected chi connectivity index (χ2v) is 6.78. The van der Waals surface area contributed by atoms with E-state index in [1.165, 1.54) is 16.1 Å². The highest BCUT2D eigenvalue weighted by Gasteiger charge is 2.06. The summed E-state index contributed by atoms with van der Waals surface area (Å²) in [7, 11) is 0. The number of carbonyl (C=O) groups excluding carboxylic acids is 2. The fraction of sp³-hybridized carbons (Fsp3) is 0.167. The van der Waals surface area contributed by atoms with Crippen LogP contribution >= 0.6 is 0 Å². The number of carbonyl (C=O) groups is 2. The quantitative estimate of drug-likeness (QED) is 0.357. The predicted molar refractivity (Wildman–Crippen MR) is 120 cm³/mol. The van der Waals surface area contributed by atoms with Crippen LogP contribution < -0.4 is 21.1 Å². The van der Waals surface area contributed by atoms with Gasteiger partial charge in [-0.25, -0.2) is 15.2 Å². The molecule has 0 heterocycles. The molecule has 3 N–H and O–H groups in total. The zero-order valence-corrected chi connectivity index (χ0v) is 16.8. The molecule has 6 nitrogen and oxygen atoms in total. The summed E-state index contributed by atoms with van der Waals surface area (Å²) >= 11 is 0. The van der Waals surface area contributed by atoms with Crippen LogP contribution in [0, 0.1) is 0 Å². The first-order valence-electron chi connectivity index (χ1n) is 9.95. The van der Waals surface area contributed by atoms with Crippen LogP contribution in [0.3, 0.4) is 0 Å². The molecule has 3 aromatic rings. The standard InChI is InChI=1S/C24H26N4O2/c29-19-28(26-18-16-21-9-5-2-6-10-21)23-13-11-22(12-14-23)27-24(30)25-17-15-20-7-3-1-4-8-20/h1-14,19,26H,15-18H2,(H2,25,27,30). The Morgan fingerprint density at radius 2 is 1.33 bits per heavy atom. The lowest BCUT2D eigenvalue weighted by molar-refractivity contribution is -0.108. The number of hydrazine groups is 1. The lowest BCUT2D eigenvalue weighted by Gasteiger charge is -2.19. The number of amides is 3. The summed E-state index contributed by atoms with van der Waals surface area (Å²) in [5.41, 5.74) is 6.84.